The van der Waals surface area contributed by atoms with Gasteiger partial charge in [-0.3, -0.25) is 0 Å². The minimum atomic E-state index is 0.0489. The van der Waals surface area contributed by atoms with Crippen LogP contribution in [0, 0.1) is 0 Å². The summed E-state index contributed by atoms with van der Waals surface area (Å²) >= 11 is 3.57. The Hall–Kier alpha value is -1.40. The lowest BCUT2D eigenvalue weighted by Gasteiger charge is -2.20. The molecule has 0 fully saturated rings. The lowest BCUT2D eigenvalue weighted by Crippen LogP contribution is -2.36. The van der Waals surface area contributed by atoms with E-state index < -0.39 is 0 Å². The van der Waals surface area contributed by atoms with Gasteiger partial charge in [0.05, 0.1) is 20.2 Å². The molecule has 2 rings (SSSR count). The number of methoxy groups -OCH3 is 1. The molecule has 1 aromatic heterocycles. The Labute approximate surface area is 133 Å². The van der Waals surface area contributed by atoms with Crippen LogP contribution in [-0.4, -0.2) is 27.4 Å². The third kappa shape index (κ3) is 4.54. The van der Waals surface area contributed by atoms with Crippen LogP contribution in [0.1, 0.15) is 32.2 Å². The van der Waals surface area contributed by atoms with Gasteiger partial charge in [0.25, 0.3) is 0 Å². The van der Waals surface area contributed by atoms with Gasteiger partial charge in [0, 0.05) is 10.0 Å². The number of rotatable bonds is 5. The van der Waals surface area contributed by atoms with Crippen molar-refractivity contribution in [3.63, 3.8) is 0 Å². The normalized spacial score (nSPS) is 11.7. The molecule has 0 radical (unpaired) electrons. The highest BCUT2D eigenvalue weighted by molar-refractivity contribution is 9.10. The zero-order valence-electron chi connectivity index (χ0n) is 12.9. The van der Waals surface area contributed by atoms with Crippen LogP contribution < -0.4 is 10.1 Å². The standard InChI is InChI=1S/C15H21BrN4O/c1-15(2,3)18-8-14-17-10-19-20(14)9-11-7-12(21-4)5-6-13(11)16/h5-7,10,18H,8-9H2,1-4H3. The maximum atomic E-state index is 5.27. The zero-order chi connectivity index (χ0) is 15.5. The third-order valence-electron chi connectivity index (χ3n) is 3.05. The second-order valence-electron chi connectivity index (χ2n) is 5.89. The molecule has 6 heteroatoms. The fraction of sp³-hybridized carbons (Fsp3) is 0.467. The van der Waals surface area contributed by atoms with Crippen LogP contribution in [0.4, 0.5) is 0 Å². The first-order chi connectivity index (χ1) is 9.89. The Morgan fingerprint density at radius 3 is 2.76 bits per heavy atom. The van der Waals surface area contributed by atoms with Crippen LogP contribution in [0.3, 0.4) is 0 Å². The number of benzene rings is 1. The maximum Gasteiger partial charge on any atom is 0.141 e. The van der Waals surface area contributed by atoms with Crippen molar-refractivity contribution in [3.8, 4) is 5.75 Å². The summed E-state index contributed by atoms with van der Waals surface area (Å²) in [6.07, 6.45) is 1.59. The van der Waals surface area contributed by atoms with Crippen LogP contribution in [0.25, 0.3) is 0 Å². The molecule has 5 nitrogen and oxygen atoms in total. The summed E-state index contributed by atoms with van der Waals surface area (Å²) < 4.78 is 8.21. The average molecular weight is 353 g/mol. The molecule has 0 saturated carbocycles. The summed E-state index contributed by atoms with van der Waals surface area (Å²) in [4.78, 5) is 4.33. The van der Waals surface area contributed by atoms with Crippen molar-refractivity contribution in [3.05, 3.63) is 40.4 Å². The first kappa shape index (κ1) is 16.0. The van der Waals surface area contributed by atoms with Crippen molar-refractivity contribution < 1.29 is 4.74 Å². The first-order valence-electron chi connectivity index (χ1n) is 6.83. The van der Waals surface area contributed by atoms with Gasteiger partial charge in [-0.15, -0.1) is 0 Å². The Kier molecular flexibility index (Phi) is 5.00. The fourth-order valence-corrected chi connectivity index (χ4v) is 2.23. The van der Waals surface area contributed by atoms with Gasteiger partial charge in [-0.05, 0) is 44.5 Å². The summed E-state index contributed by atoms with van der Waals surface area (Å²) in [5.74, 6) is 1.75. The smallest absolute Gasteiger partial charge is 0.141 e. The van der Waals surface area contributed by atoms with E-state index in [1.807, 2.05) is 22.9 Å². The molecule has 2 aromatic rings. The van der Waals surface area contributed by atoms with Gasteiger partial charge in [-0.1, -0.05) is 15.9 Å². The second-order valence-corrected chi connectivity index (χ2v) is 6.75. The van der Waals surface area contributed by atoms with Gasteiger partial charge in [-0.25, -0.2) is 9.67 Å². The summed E-state index contributed by atoms with van der Waals surface area (Å²) in [5.41, 5.74) is 1.16. The van der Waals surface area contributed by atoms with E-state index in [-0.39, 0.29) is 5.54 Å². The van der Waals surface area contributed by atoms with Crippen molar-refractivity contribution in [2.24, 2.45) is 0 Å². The molecule has 0 saturated heterocycles. The quantitative estimate of drug-likeness (QED) is 0.898. The van der Waals surface area contributed by atoms with Gasteiger partial charge in [0.15, 0.2) is 0 Å². The summed E-state index contributed by atoms with van der Waals surface area (Å²) in [6, 6.07) is 5.92. The van der Waals surface area contributed by atoms with E-state index in [0.717, 1.165) is 21.6 Å². The highest BCUT2D eigenvalue weighted by atomic mass is 79.9. The van der Waals surface area contributed by atoms with Crippen LogP contribution in [0.5, 0.6) is 5.75 Å². The Morgan fingerprint density at radius 2 is 2.10 bits per heavy atom. The lowest BCUT2D eigenvalue weighted by atomic mass is 10.1. The minimum Gasteiger partial charge on any atom is -0.497 e. The molecule has 0 aliphatic heterocycles. The van der Waals surface area contributed by atoms with Crippen LogP contribution >= 0.6 is 15.9 Å². The van der Waals surface area contributed by atoms with E-state index in [1.54, 1.807) is 13.4 Å². The van der Waals surface area contributed by atoms with E-state index in [4.69, 9.17) is 4.74 Å². The largest absolute Gasteiger partial charge is 0.497 e. The van der Waals surface area contributed by atoms with Crippen LogP contribution in [-0.2, 0) is 13.1 Å². The number of aromatic nitrogens is 3. The number of halogens is 1. The Balaban J connectivity index is 2.15. The van der Waals surface area contributed by atoms with Crippen LogP contribution in [0.15, 0.2) is 29.0 Å². The predicted octanol–water partition coefficient (Wildman–Crippen LogP) is 2.99. The lowest BCUT2D eigenvalue weighted by molar-refractivity contribution is 0.409. The summed E-state index contributed by atoms with van der Waals surface area (Å²) in [6.45, 7) is 7.73. The molecule has 0 spiro atoms. The van der Waals surface area contributed by atoms with Crippen molar-refractivity contribution >= 4 is 15.9 Å². The van der Waals surface area contributed by atoms with Crippen molar-refractivity contribution in [2.45, 2.75) is 39.4 Å². The zero-order valence-corrected chi connectivity index (χ0v) is 14.4. The minimum absolute atomic E-state index is 0.0489. The number of nitrogens with zero attached hydrogens (tertiary/aromatic N) is 3. The highest BCUT2D eigenvalue weighted by Crippen LogP contribution is 2.23. The first-order valence-corrected chi connectivity index (χ1v) is 7.62. The van der Waals surface area contributed by atoms with E-state index in [2.05, 4.69) is 52.1 Å². The van der Waals surface area contributed by atoms with E-state index in [0.29, 0.717) is 13.1 Å². The van der Waals surface area contributed by atoms with Crippen LogP contribution in [0.2, 0.25) is 0 Å². The van der Waals surface area contributed by atoms with Crippen molar-refractivity contribution in [1.29, 1.82) is 0 Å². The topological polar surface area (TPSA) is 52.0 Å². The van der Waals surface area contributed by atoms with Gasteiger partial charge in [-0.2, -0.15) is 5.10 Å². The second kappa shape index (κ2) is 6.58. The van der Waals surface area contributed by atoms with E-state index >= 15 is 0 Å². The predicted molar refractivity (Wildman–Crippen MR) is 86.4 cm³/mol. The van der Waals surface area contributed by atoms with E-state index in [1.165, 1.54) is 0 Å². The highest BCUT2D eigenvalue weighted by Gasteiger charge is 2.13. The van der Waals surface area contributed by atoms with E-state index in [9.17, 15) is 0 Å². The molecule has 1 heterocycles. The SMILES string of the molecule is COc1ccc(Br)c(Cn2ncnc2CNC(C)(C)C)c1. The summed E-state index contributed by atoms with van der Waals surface area (Å²) in [5, 5.41) is 7.74. The number of hydrogen-bond acceptors (Lipinski definition) is 4. The molecule has 0 aliphatic carbocycles. The van der Waals surface area contributed by atoms with Crippen molar-refractivity contribution in [2.75, 3.05) is 7.11 Å². The molecule has 0 aliphatic rings. The van der Waals surface area contributed by atoms with Gasteiger partial charge < -0.3 is 10.1 Å². The Morgan fingerprint density at radius 1 is 1.33 bits per heavy atom. The molecule has 0 amide bonds. The average Bonchev–Trinajstić information content (AvgIpc) is 2.85. The molecule has 0 bridgehead atoms. The molecule has 0 unspecified atom stereocenters. The number of ether oxygens (including phenoxy) is 1. The van der Waals surface area contributed by atoms with Gasteiger partial charge >= 0.3 is 0 Å². The molecular formula is C15H21BrN4O. The van der Waals surface area contributed by atoms with Gasteiger partial charge in [0.2, 0.25) is 0 Å². The Bertz CT molecular complexity index is 604. The monoisotopic (exact) mass is 352 g/mol. The molecule has 114 valence electrons. The van der Waals surface area contributed by atoms with Gasteiger partial charge in [0.1, 0.15) is 17.9 Å². The molecule has 1 aromatic carbocycles. The molecule has 0 atom stereocenters. The maximum absolute atomic E-state index is 5.27. The third-order valence-corrected chi connectivity index (χ3v) is 3.82. The summed E-state index contributed by atoms with van der Waals surface area (Å²) in [7, 11) is 1.67. The molecule has 1 N–H and O–H groups in total. The number of nitrogens with one attached hydrogen (secondary N) is 1. The molecular weight excluding hydrogens is 332 g/mol. The number of hydrogen-bond donors (Lipinski definition) is 1. The molecule has 21 heavy (non-hydrogen) atoms. The van der Waals surface area contributed by atoms with Crippen molar-refractivity contribution in [1.82, 2.24) is 20.1 Å². The fourth-order valence-electron chi connectivity index (χ4n) is 1.86.